The predicted molar refractivity (Wildman–Crippen MR) is 124 cm³/mol. The molecule has 0 unspecified atom stereocenters. The first kappa shape index (κ1) is 23.5. The molecule has 0 aliphatic heterocycles. The zero-order valence-electron chi connectivity index (χ0n) is 19.6. The number of imidazole rings is 1. The smallest absolute Gasteiger partial charge is 0.333 e. The quantitative estimate of drug-likeness (QED) is 0.578. The Balaban J connectivity index is 2.06. The number of aryl methyl sites for hydroxylation is 3. The number of nitrogens with zero attached hydrogens (tertiary/aromatic N) is 4. The van der Waals surface area contributed by atoms with Crippen molar-refractivity contribution in [2.45, 2.75) is 54.3 Å². The molecular formula is C23H31N5O4. The number of nitrogens with one attached hydrogen (secondary N) is 1. The van der Waals surface area contributed by atoms with E-state index in [1.54, 1.807) is 11.7 Å². The second-order valence-electron chi connectivity index (χ2n) is 8.60. The number of carbonyl (C=O) groups is 1. The van der Waals surface area contributed by atoms with E-state index in [0.717, 1.165) is 21.3 Å². The Morgan fingerprint density at radius 3 is 2.38 bits per heavy atom. The van der Waals surface area contributed by atoms with Crippen molar-refractivity contribution in [3.05, 3.63) is 56.0 Å². The van der Waals surface area contributed by atoms with Crippen molar-refractivity contribution in [1.82, 2.24) is 18.7 Å². The summed E-state index contributed by atoms with van der Waals surface area (Å²) in [6.07, 6.45) is 1.53. The third-order valence-electron chi connectivity index (χ3n) is 5.31. The van der Waals surface area contributed by atoms with Crippen LogP contribution in [0.5, 0.6) is 0 Å². The van der Waals surface area contributed by atoms with Gasteiger partial charge in [0.05, 0.1) is 12.9 Å². The maximum atomic E-state index is 13.3. The highest BCUT2D eigenvalue weighted by Crippen LogP contribution is 2.21. The van der Waals surface area contributed by atoms with E-state index in [0.29, 0.717) is 31.0 Å². The number of hydrogen-bond acceptors (Lipinski definition) is 5. The molecule has 1 N–H and O–H groups in total. The lowest BCUT2D eigenvalue weighted by atomic mass is 10.1. The fraction of sp³-hybridized carbons (Fsp3) is 0.478. The van der Waals surface area contributed by atoms with Crippen LogP contribution in [0.1, 0.15) is 30.5 Å². The van der Waals surface area contributed by atoms with Crippen LogP contribution in [0.4, 0.5) is 5.69 Å². The molecule has 9 nitrogen and oxygen atoms in total. The Morgan fingerprint density at radius 2 is 1.78 bits per heavy atom. The van der Waals surface area contributed by atoms with E-state index >= 15 is 0 Å². The third kappa shape index (κ3) is 4.67. The van der Waals surface area contributed by atoms with Gasteiger partial charge in [-0.25, -0.2) is 14.3 Å². The maximum absolute atomic E-state index is 13.3. The van der Waals surface area contributed by atoms with Crippen molar-refractivity contribution in [2.75, 3.05) is 19.0 Å². The third-order valence-corrected chi connectivity index (χ3v) is 5.31. The Morgan fingerprint density at radius 1 is 1.12 bits per heavy atom. The van der Waals surface area contributed by atoms with Gasteiger partial charge in [0, 0.05) is 25.9 Å². The summed E-state index contributed by atoms with van der Waals surface area (Å²) in [6.45, 7) is 10.6. The molecule has 32 heavy (non-hydrogen) atoms. The molecule has 0 fully saturated rings. The number of methoxy groups -OCH3 is 1. The number of hydrogen-bond donors (Lipinski definition) is 1. The second-order valence-corrected chi connectivity index (χ2v) is 8.60. The largest absolute Gasteiger partial charge is 0.383 e. The van der Waals surface area contributed by atoms with Crippen LogP contribution in [0.25, 0.3) is 11.2 Å². The molecule has 0 radical (unpaired) electrons. The van der Waals surface area contributed by atoms with Crippen molar-refractivity contribution in [3.63, 3.8) is 0 Å². The van der Waals surface area contributed by atoms with Crippen LogP contribution >= 0.6 is 0 Å². The van der Waals surface area contributed by atoms with Crippen LogP contribution < -0.4 is 16.6 Å². The van der Waals surface area contributed by atoms with Crippen molar-refractivity contribution in [1.29, 1.82) is 0 Å². The zero-order valence-corrected chi connectivity index (χ0v) is 19.6. The first-order valence-electron chi connectivity index (χ1n) is 10.7. The molecule has 1 aromatic carbocycles. The zero-order chi connectivity index (χ0) is 23.6. The standard InChI is InChI=1S/C23H31N5O4/c1-14(2)11-27-21-20(26(13-24-21)7-8-32-6)22(30)28(23(27)31)12-18(29)25-19-16(4)9-15(3)10-17(19)5/h9-10,13-14H,7-8,11-12H2,1-6H3,(H,25,29). The van der Waals surface area contributed by atoms with Crippen LogP contribution in [-0.4, -0.2) is 38.3 Å². The molecule has 0 aliphatic rings. The number of fused-ring (bicyclic) bond motifs is 1. The van der Waals surface area contributed by atoms with Gasteiger partial charge >= 0.3 is 5.69 Å². The molecule has 0 bridgehead atoms. The summed E-state index contributed by atoms with van der Waals surface area (Å²) in [6, 6.07) is 3.95. The van der Waals surface area contributed by atoms with Gasteiger partial charge in [0.15, 0.2) is 11.2 Å². The van der Waals surface area contributed by atoms with E-state index in [-0.39, 0.29) is 18.0 Å². The molecule has 3 rings (SSSR count). The monoisotopic (exact) mass is 441 g/mol. The molecule has 1 amide bonds. The van der Waals surface area contributed by atoms with Gasteiger partial charge in [-0.05, 0) is 37.8 Å². The van der Waals surface area contributed by atoms with Gasteiger partial charge in [0.1, 0.15) is 6.54 Å². The Hall–Kier alpha value is -3.20. The van der Waals surface area contributed by atoms with E-state index < -0.39 is 17.2 Å². The first-order chi connectivity index (χ1) is 15.1. The van der Waals surface area contributed by atoms with Crippen molar-refractivity contribution in [2.24, 2.45) is 5.92 Å². The van der Waals surface area contributed by atoms with Gasteiger partial charge in [0.2, 0.25) is 5.91 Å². The summed E-state index contributed by atoms with van der Waals surface area (Å²) in [7, 11) is 1.57. The highest BCUT2D eigenvalue weighted by Gasteiger charge is 2.20. The summed E-state index contributed by atoms with van der Waals surface area (Å²) < 4.78 is 9.25. The number of benzene rings is 1. The molecular weight excluding hydrogens is 410 g/mol. The number of aromatic nitrogens is 4. The normalized spacial score (nSPS) is 11.5. The highest BCUT2D eigenvalue weighted by molar-refractivity contribution is 5.92. The summed E-state index contributed by atoms with van der Waals surface area (Å²) in [5.41, 5.74) is 3.18. The van der Waals surface area contributed by atoms with Crippen LogP contribution in [0.3, 0.4) is 0 Å². The number of anilines is 1. The van der Waals surface area contributed by atoms with Crippen LogP contribution in [-0.2, 0) is 29.2 Å². The number of rotatable bonds is 8. The average Bonchev–Trinajstić information content (AvgIpc) is 3.13. The average molecular weight is 442 g/mol. The molecule has 0 saturated carbocycles. The molecule has 9 heteroatoms. The van der Waals surface area contributed by atoms with Gasteiger partial charge in [0.25, 0.3) is 5.56 Å². The lowest BCUT2D eigenvalue weighted by Crippen LogP contribution is -2.43. The predicted octanol–water partition coefficient (Wildman–Crippen LogP) is 2.23. The summed E-state index contributed by atoms with van der Waals surface area (Å²) in [5.74, 6) is -0.282. The fourth-order valence-corrected chi connectivity index (χ4v) is 3.97. The summed E-state index contributed by atoms with van der Waals surface area (Å²) in [4.78, 5) is 43.7. The fourth-order valence-electron chi connectivity index (χ4n) is 3.97. The van der Waals surface area contributed by atoms with Crippen LogP contribution in [0.15, 0.2) is 28.0 Å². The van der Waals surface area contributed by atoms with E-state index in [2.05, 4.69) is 10.3 Å². The lowest BCUT2D eigenvalue weighted by molar-refractivity contribution is -0.116. The molecule has 0 spiro atoms. The second kappa shape index (κ2) is 9.52. The van der Waals surface area contributed by atoms with Gasteiger partial charge in [-0.15, -0.1) is 0 Å². The summed E-state index contributed by atoms with van der Waals surface area (Å²) >= 11 is 0. The van der Waals surface area contributed by atoms with Gasteiger partial charge in [-0.2, -0.15) is 0 Å². The minimum Gasteiger partial charge on any atom is -0.383 e. The van der Waals surface area contributed by atoms with Crippen molar-refractivity contribution in [3.8, 4) is 0 Å². The van der Waals surface area contributed by atoms with Crippen LogP contribution in [0.2, 0.25) is 0 Å². The Bertz CT molecular complexity index is 1240. The van der Waals surface area contributed by atoms with E-state index in [1.807, 2.05) is 46.8 Å². The summed E-state index contributed by atoms with van der Waals surface area (Å²) in [5, 5.41) is 2.87. The number of amides is 1. The van der Waals surface area contributed by atoms with Gasteiger partial charge < -0.3 is 14.6 Å². The molecule has 2 heterocycles. The maximum Gasteiger partial charge on any atom is 0.333 e. The highest BCUT2D eigenvalue weighted by atomic mass is 16.5. The SMILES string of the molecule is COCCn1cnc2c1c(=O)n(CC(=O)Nc1c(C)cc(C)cc1C)c(=O)n2CC(C)C. The molecule has 2 aromatic heterocycles. The molecule has 0 saturated heterocycles. The molecule has 0 aliphatic carbocycles. The molecule has 0 atom stereocenters. The minimum absolute atomic E-state index is 0.151. The Labute approximate surface area is 186 Å². The lowest BCUT2D eigenvalue weighted by Gasteiger charge is -2.15. The van der Waals surface area contributed by atoms with Crippen molar-refractivity contribution < 1.29 is 9.53 Å². The minimum atomic E-state index is -0.541. The first-order valence-corrected chi connectivity index (χ1v) is 10.7. The Kier molecular flexibility index (Phi) is 6.98. The van der Waals surface area contributed by atoms with Crippen molar-refractivity contribution >= 4 is 22.8 Å². The molecule has 172 valence electrons. The number of ether oxygens (including phenoxy) is 1. The molecule has 3 aromatic rings. The van der Waals surface area contributed by atoms with Gasteiger partial charge in [-0.1, -0.05) is 31.5 Å². The van der Waals surface area contributed by atoms with E-state index in [4.69, 9.17) is 4.74 Å². The number of carbonyl (C=O) groups excluding carboxylic acids is 1. The topological polar surface area (TPSA) is 100 Å². The van der Waals surface area contributed by atoms with Gasteiger partial charge in [-0.3, -0.25) is 14.2 Å². The van der Waals surface area contributed by atoms with E-state index in [9.17, 15) is 14.4 Å². The van der Waals surface area contributed by atoms with E-state index in [1.165, 1.54) is 10.9 Å². The van der Waals surface area contributed by atoms with Crippen LogP contribution in [0, 0.1) is 26.7 Å².